The lowest BCUT2D eigenvalue weighted by Gasteiger charge is -2.09. The molecule has 144 valence electrons. The van der Waals surface area contributed by atoms with Crippen molar-refractivity contribution >= 4 is 29.1 Å². The Kier molecular flexibility index (Phi) is 6.38. The molecule has 0 aliphatic rings. The van der Waals surface area contributed by atoms with Gasteiger partial charge >= 0.3 is 0 Å². The second kappa shape index (κ2) is 8.95. The number of nitrogens with one attached hydrogen (secondary N) is 1. The summed E-state index contributed by atoms with van der Waals surface area (Å²) in [4.78, 5) is 31.6. The highest BCUT2D eigenvalue weighted by Gasteiger charge is 2.13. The molecule has 0 aliphatic heterocycles. The van der Waals surface area contributed by atoms with Crippen LogP contribution in [0.2, 0.25) is 5.02 Å². The van der Waals surface area contributed by atoms with Crippen LogP contribution in [0.5, 0.6) is 17.2 Å². The molecule has 0 spiro atoms. The second-order valence-corrected chi connectivity index (χ2v) is 7.18. The first-order chi connectivity index (χ1) is 13.5. The normalized spacial score (nSPS) is 10.5. The van der Waals surface area contributed by atoms with Crippen LogP contribution in [-0.4, -0.2) is 28.6 Å². The number of H-pyrrole nitrogens is 1. The molecular weight excluding hydrogens is 400 g/mol. The van der Waals surface area contributed by atoms with Crippen LogP contribution < -0.4 is 15.0 Å². The van der Waals surface area contributed by atoms with E-state index in [1.165, 1.54) is 0 Å². The minimum atomic E-state index is -0.415. The standard InChI is InChI=1S/C20H17ClN2O4S/c1-12-18(27-16-9-5-14(21)6-10-16)19(25)23-20(22-12)28-11-17(24)13-3-7-15(26-2)8-4-13/h3-10H,11H2,1-2H3,(H,22,23,25). The van der Waals surface area contributed by atoms with E-state index in [0.717, 1.165) is 11.8 Å². The Bertz CT molecular complexity index is 1030. The van der Waals surface area contributed by atoms with Gasteiger partial charge in [-0.3, -0.25) is 14.6 Å². The molecule has 0 aliphatic carbocycles. The number of benzene rings is 2. The van der Waals surface area contributed by atoms with Crippen LogP contribution in [0.15, 0.2) is 58.5 Å². The molecule has 8 heteroatoms. The van der Waals surface area contributed by atoms with E-state index in [1.54, 1.807) is 62.6 Å². The molecule has 1 aromatic heterocycles. The summed E-state index contributed by atoms with van der Waals surface area (Å²) in [5.74, 6) is 1.34. The maximum Gasteiger partial charge on any atom is 0.294 e. The zero-order valence-electron chi connectivity index (χ0n) is 15.2. The van der Waals surface area contributed by atoms with Crippen LogP contribution in [0.25, 0.3) is 0 Å². The quantitative estimate of drug-likeness (QED) is 0.347. The lowest BCUT2D eigenvalue weighted by atomic mass is 10.1. The first-order valence-corrected chi connectivity index (χ1v) is 9.67. The number of halogens is 1. The van der Waals surface area contributed by atoms with Crippen LogP contribution >= 0.6 is 23.4 Å². The molecule has 28 heavy (non-hydrogen) atoms. The number of thioether (sulfide) groups is 1. The first-order valence-electron chi connectivity index (χ1n) is 8.30. The molecule has 1 heterocycles. The summed E-state index contributed by atoms with van der Waals surface area (Å²) in [5, 5.41) is 0.928. The number of hydrogen-bond acceptors (Lipinski definition) is 6. The summed E-state index contributed by atoms with van der Waals surface area (Å²) in [6, 6.07) is 13.5. The van der Waals surface area contributed by atoms with Crippen molar-refractivity contribution in [3.63, 3.8) is 0 Å². The summed E-state index contributed by atoms with van der Waals surface area (Å²) in [7, 11) is 1.57. The summed E-state index contributed by atoms with van der Waals surface area (Å²) in [6.07, 6.45) is 0. The first kappa shape index (κ1) is 20.0. The molecule has 0 saturated carbocycles. The Balaban J connectivity index is 1.68. The van der Waals surface area contributed by atoms with Crippen molar-refractivity contribution < 1.29 is 14.3 Å². The number of hydrogen-bond donors (Lipinski definition) is 1. The van der Waals surface area contributed by atoms with Crippen molar-refractivity contribution in [3.05, 3.63) is 75.2 Å². The highest BCUT2D eigenvalue weighted by Crippen LogP contribution is 2.24. The largest absolute Gasteiger partial charge is 0.497 e. The average molecular weight is 417 g/mol. The fourth-order valence-corrected chi connectivity index (χ4v) is 3.28. The van der Waals surface area contributed by atoms with Crippen molar-refractivity contribution in [3.8, 4) is 17.2 Å². The topological polar surface area (TPSA) is 81.3 Å². The predicted molar refractivity (Wildman–Crippen MR) is 109 cm³/mol. The van der Waals surface area contributed by atoms with Crippen molar-refractivity contribution in [2.45, 2.75) is 12.1 Å². The zero-order chi connectivity index (χ0) is 20.1. The molecule has 0 atom stereocenters. The Morgan fingerprint density at radius 1 is 1.11 bits per heavy atom. The van der Waals surface area contributed by atoms with Crippen LogP contribution in [0, 0.1) is 6.92 Å². The van der Waals surface area contributed by atoms with Crippen molar-refractivity contribution in [2.24, 2.45) is 0 Å². The van der Waals surface area contributed by atoms with Gasteiger partial charge in [-0.05, 0) is 55.5 Å². The highest BCUT2D eigenvalue weighted by molar-refractivity contribution is 7.99. The van der Waals surface area contributed by atoms with Gasteiger partial charge in [0.1, 0.15) is 11.5 Å². The lowest BCUT2D eigenvalue weighted by molar-refractivity contribution is 0.102. The van der Waals surface area contributed by atoms with Crippen LogP contribution in [0.1, 0.15) is 16.1 Å². The van der Waals surface area contributed by atoms with E-state index in [2.05, 4.69) is 9.97 Å². The summed E-state index contributed by atoms with van der Waals surface area (Å²) >= 11 is 7.00. The van der Waals surface area contributed by atoms with Gasteiger partial charge in [0.05, 0.1) is 18.6 Å². The van der Waals surface area contributed by atoms with Gasteiger partial charge in [0.2, 0.25) is 5.75 Å². The molecule has 3 rings (SSSR count). The molecule has 0 fully saturated rings. The number of nitrogens with zero attached hydrogens (tertiary/aromatic N) is 1. The van der Waals surface area contributed by atoms with Crippen LogP contribution in [-0.2, 0) is 0 Å². The fourth-order valence-electron chi connectivity index (χ4n) is 2.35. The Morgan fingerprint density at radius 3 is 2.36 bits per heavy atom. The number of ketones is 1. The maximum atomic E-state index is 12.4. The number of aromatic amines is 1. The second-order valence-electron chi connectivity index (χ2n) is 5.78. The Morgan fingerprint density at radius 2 is 1.75 bits per heavy atom. The maximum absolute atomic E-state index is 12.4. The molecular formula is C20H17ClN2O4S. The van der Waals surface area contributed by atoms with E-state index >= 15 is 0 Å². The van der Waals surface area contributed by atoms with Gasteiger partial charge in [0.15, 0.2) is 10.9 Å². The lowest BCUT2D eigenvalue weighted by Crippen LogP contribution is -2.14. The average Bonchev–Trinajstić information content (AvgIpc) is 2.70. The summed E-state index contributed by atoms with van der Waals surface area (Å²) in [6.45, 7) is 1.68. The number of carbonyl (C=O) groups is 1. The monoisotopic (exact) mass is 416 g/mol. The van der Waals surface area contributed by atoms with E-state index in [0.29, 0.717) is 32.9 Å². The summed E-state index contributed by atoms with van der Waals surface area (Å²) < 4.78 is 10.7. The highest BCUT2D eigenvalue weighted by atomic mass is 35.5. The Hall–Kier alpha value is -2.77. The van der Waals surface area contributed by atoms with E-state index in [-0.39, 0.29) is 17.3 Å². The number of Topliss-reactive ketones (excluding diaryl/α,β-unsaturated/α-hetero) is 1. The minimum Gasteiger partial charge on any atom is -0.497 e. The van der Waals surface area contributed by atoms with E-state index in [1.807, 2.05) is 0 Å². The number of aromatic nitrogens is 2. The van der Waals surface area contributed by atoms with Crippen molar-refractivity contribution in [2.75, 3.05) is 12.9 Å². The third kappa shape index (κ3) is 4.94. The van der Waals surface area contributed by atoms with Gasteiger partial charge in [-0.15, -0.1) is 0 Å². The zero-order valence-corrected chi connectivity index (χ0v) is 16.8. The number of rotatable bonds is 7. The minimum absolute atomic E-state index is 0.0746. The van der Waals surface area contributed by atoms with Gasteiger partial charge in [-0.2, -0.15) is 0 Å². The molecule has 0 radical (unpaired) electrons. The molecule has 0 saturated heterocycles. The number of ether oxygens (including phenoxy) is 2. The molecule has 0 bridgehead atoms. The molecule has 0 unspecified atom stereocenters. The third-order valence-corrected chi connectivity index (χ3v) is 4.94. The van der Waals surface area contributed by atoms with Crippen LogP contribution in [0.3, 0.4) is 0 Å². The number of methoxy groups -OCH3 is 1. The smallest absolute Gasteiger partial charge is 0.294 e. The predicted octanol–water partition coefficient (Wildman–Crippen LogP) is 4.51. The third-order valence-electron chi connectivity index (χ3n) is 3.81. The molecule has 1 N–H and O–H groups in total. The Labute approximate surface area is 170 Å². The van der Waals surface area contributed by atoms with Crippen molar-refractivity contribution in [1.29, 1.82) is 0 Å². The van der Waals surface area contributed by atoms with Gasteiger partial charge in [-0.25, -0.2) is 4.98 Å². The SMILES string of the molecule is COc1ccc(C(=O)CSc2nc(C)c(Oc3ccc(Cl)cc3)c(=O)[nH]2)cc1. The van der Waals surface area contributed by atoms with Crippen LogP contribution in [0.4, 0.5) is 0 Å². The number of aryl methyl sites for hydroxylation is 1. The van der Waals surface area contributed by atoms with Crippen molar-refractivity contribution in [1.82, 2.24) is 9.97 Å². The van der Waals surface area contributed by atoms with Gasteiger partial charge < -0.3 is 9.47 Å². The number of carbonyl (C=O) groups excluding carboxylic acids is 1. The van der Waals surface area contributed by atoms with E-state index in [9.17, 15) is 9.59 Å². The van der Waals surface area contributed by atoms with E-state index < -0.39 is 5.56 Å². The molecule has 3 aromatic rings. The summed E-state index contributed by atoms with van der Waals surface area (Å²) in [5.41, 5.74) is 0.579. The molecule has 2 aromatic carbocycles. The fraction of sp³-hybridized carbons (Fsp3) is 0.150. The molecule has 0 amide bonds. The molecule has 6 nitrogen and oxygen atoms in total. The van der Waals surface area contributed by atoms with Gasteiger partial charge in [0, 0.05) is 10.6 Å². The van der Waals surface area contributed by atoms with Gasteiger partial charge in [0.25, 0.3) is 5.56 Å². The van der Waals surface area contributed by atoms with E-state index in [4.69, 9.17) is 21.1 Å². The van der Waals surface area contributed by atoms with Gasteiger partial charge in [-0.1, -0.05) is 23.4 Å².